The van der Waals surface area contributed by atoms with Crippen molar-refractivity contribution >= 4 is 44.4 Å². The average Bonchev–Trinajstić information content (AvgIpc) is 2.71. The van der Waals surface area contributed by atoms with E-state index in [9.17, 15) is 19.5 Å². The summed E-state index contributed by atoms with van der Waals surface area (Å²) in [7, 11) is 0. The number of halogens is 1. The number of aromatic carboxylic acids is 1. The van der Waals surface area contributed by atoms with Crippen molar-refractivity contribution in [2.75, 3.05) is 31.1 Å². The molecule has 0 aliphatic carbocycles. The van der Waals surface area contributed by atoms with Gasteiger partial charge >= 0.3 is 5.97 Å². The molecule has 7 nitrogen and oxygen atoms in total. The van der Waals surface area contributed by atoms with Gasteiger partial charge in [-0.1, -0.05) is 6.92 Å². The number of carboxylic acids is 1. The van der Waals surface area contributed by atoms with Crippen LogP contribution in [0.15, 0.2) is 21.5 Å². The molecule has 1 unspecified atom stereocenters. The van der Waals surface area contributed by atoms with Crippen LogP contribution in [0.5, 0.6) is 0 Å². The van der Waals surface area contributed by atoms with E-state index < -0.39 is 11.4 Å². The molecule has 1 atom stereocenters. The summed E-state index contributed by atoms with van der Waals surface area (Å²) in [6.07, 6.45) is 3.71. The number of aryl methyl sites for hydroxylation is 1. The Morgan fingerprint density at radius 3 is 2.55 bits per heavy atom. The van der Waals surface area contributed by atoms with Crippen LogP contribution in [-0.2, 0) is 11.2 Å². The SMILES string of the molecule is CCC(=O)N1CCN(c2c(Br)cc3c(=O)c(C(=O)O)cn4c3c2CCC4C)CC1. The molecule has 1 N–H and O–H groups in total. The van der Waals surface area contributed by atoms with Crippen LogP contribution in [0.4, 0.5) is 5.69 Å². The van der Waals surface area contributed by atoms with Gasteiger partial charge in [0.1, 0.15) is 5.56 Å². The van der Waals surface area contributed by atoms with E-state index in [-0.39, 0.29) is 17.5 Å². The van der Waals surface area contributed by atoms with Crippen LogP contribution in [0.2, 0.25) is 0 Å². The lowest BCUT2D eigenvalue weighted by atomic mass is 9.93. The topological polar surface area (TPSA) is 82.8 Å². The second-order valence-electron chi connectivity index (χ2n) is 7.78. The van der Waals surface area contributed by atoms with E-state index in [0.29, 0.717) is 24.9 Å². The Labute approximate surface area is 177 Å². The first-order valence-corrected chi connectivity index (χ1v) is 10.8. The first-order chi connectivity index (χ1) is 13.8. The van der Waals surface area contributed by atoms with Crippen LogP contribution in [0.1, 0.15) is 48.7 Å². The van der Waals surface area contributed by atoms with Gasteiger partial charge in [0.05, 0.1) is 11.2 Å². The van der Waals surface area contributed by atoms with Gasteiger partial charge in [-0.15, -0.1) is 0 Å². The molecule has 1 aromatic heterocycles. The number of amides is 1. The van der Waals surface area contributed by atoms with Crippen molar-refractivity contribution in [3.8, 4) is 0 Å². The third kappa shape index (κ3) is 3.23. The number of anilines is 1. The number of pyridine rings is 1. The van der Waals surface area contributed by atoms with Crippen LogP contribution >= 0.6 is 15.9 Å². The maximum atomic E-state index is 12.8. The van der Waals surface area contributed by atoms with Crippen molar-refractivity contribution in [1.82, 2.24) is 9.47 Å². The van der Waals surface area contributed by atoms with Crippen LogP contribution in [-0.4, -0.2) is 52.6 Å². The molecule has 1 saturated heterocycles. The minimum absolute atomic E-state index is 0.122. The number of carboxylic acid groups (broad SMARTS) is 1. The second kappa shape index (κ2) is 7.48. The van der Waals surface area contributed by atoms with Gasteiger partial charge in [0.25, 0.3) is 0 Å². The number of hydrogen-bond donors (Lipinski definition) is 1. The van der Waals surface area contributed by atoms with Crippen molar-refractivity contribution < 1.29 is 14.7 Å². The third-order valence-electron chi connectivity index (χ3n) is 6.11. The molecular weight excluding hydrogens is 438 g/mol. The summed E-state index contributed by atoms with van der Waals surface area (Å²) in [6, 6.07) is 1.89. The van der Waals surface area contributed by atoms with Crippen molar-refractivity contribution in [3.05, 3.63) is 38.1 Å². The summed E-state index contributed by atoms with van der Waals surface area (Å²) in [6.45, 7) is 6.75. The Bertz CT molecular complexity index is 1070. The highest BCUT2D eigenvalue weighted by atomic mass is 79.9. The number of piperazine rings is 1. The smallest absolute Gasteiger partial charge is 0.341 e. The van der Waals surface area contributed by atoms with Gasteiger partial charge in [0, 0.05) is 60.3 Å². The molecule has 1 amide bonds. The molecule has 0 bridgehead atoms. The number of benzene rings is 1. The van der Waals surface area contributed by atoms with Crippen LogP contribution in [0, 0.1) is 0 Å². The Morgan fingerprint density at radius 2 is 1.93 bits per heavy atom. The minimum Gasteiger partial charge on any atom is -0.477 e. The van der Waals surface area contributed by atoms with Crippen LogP contribution < -0.4 is 10.3 Å². The molecule has 1 fully saturated rings. The Hall–Kier alpha value is -2.35. The fraction of sp³-hybridized carbons (Fsp3) is 0.476. The summed E-state index contributed by atoms with van der Waals surface area (Å²) >= 11 is 3.64. The lowest BCUT2D eigenvalue weighted by Gasteiger charge is -2.39. The van der Waals surface area contributed by atoms with E-state index in [2.05, 4.69) is 27.8 Å². The molecule has 2 aliphatic rings. The van der Waals surface area contributed by atoms with Crippen LogP contribution in [0.3, 0.4) is 0 Å². The van der Waals surface area contributed by atoms with Crippen molar-refractivity contribution in [2.45, 2.75) is 39.2 Å². The lowest BCUT2D eigenvalue weighted by molar-refractivity contribution is -0.131. The van der Waals surface area contributed by atoms with Gasteiger partial charge in [-0.2, -0.15) is 0 Å². The Kier molecular flexibility index (Phi) is 5.14. The maximum Gasteiger partial charge on any atom is 0.341 e. The lowest BCUT2D eigenvalue weighted by Crippen LogP contribution is -2.49. The molecule has 154 valence electrons. The fourth-order valence-corrected chi connectivity index (χ4v) is 5.25. The number of carbonyl (C=O) groups excluding carboxylic acids is 1. The van der Waals surface area contributed by atoms with Gasteiger partial charge in [-0.05, 0) is 41.8 Å². The van der Waals surface area contributed by atoms with Gasteiger partial charge in [0.2, 0.25) is 11.3 Å². The van der Waals surface area contributed by atoms with Gasteiger partial charge < -0.3 is 19.5 Å². The summed E-state index contributed by atoms with van der Waals surface area (Å²) in [4.78, 5) is 40.6. The molecule has 4 rings (SSSR count). The van der Waals surface area contributed by atoms with E-state index in [0.717, 1.165) is 47.2 Å². The monoisotopic (exact) mass is 461 g/mol. The minimum atomic E-state index is -1.20. The zero-order valence-corrected chi connectivity index (χ0v) is 18.2. The zero-order chi connectivity index (χ0) is 20.9. The highest BCUT2D eigenvalue weighted by Gasteiger charge is 2.29. The quantitative estimate of drug-likeness (QED) is 0.759. The summed E-state index contributed by atoms with van der Waals surface area (Å²) in [5.41, 5.74) is 2.35. The van der Waals surface area contributed by atoms with E-state index in [1.165, 1.54) is 6.20 Å². The predicted molar refractivity (Wildman–Crippen MR) is 115 cm³/mol. The summed E-state index contributed by atoms with van der Waals surface area (Å²) in [5, 5.41) is 9.92. The predicted octanol–water partition coefficient (Wildman–Crippen LogP) is 3.03. The molecule has 2 aromatic rings. The first-order valence-electron chi connectivity index (χ1n) is 9.99. The van der Waals surface area contributed by atoms with Gasteiger partial charge in [-0.3, -0.25) is 9.59 Å². The van der Waals surface area contributed by atoms with Crippen LogP contribution in [0.25, 0.3) is 10.9 Å². The molecule has 1 aromatic carbocycles. The maximum absolute atomic E-state index is 12.8. The van der Waals surface area contributed by atoms with E-state index in [1.807, 2.05) is 16.4 Å². The zero-order valence-electron chi connectivity index (χ0n) is 16.6. The molecule has 0 radical (unpaired) electrons. The summed E-state index contributed by atoms with van der Waals surface area (Å²) in [5.74, 6) is -1.02. The Balaban J connectivity index is 1.85. The fourth-order valence-electron chi connectivity index (χ4n) is 4.53. The molecule has 3 heterocycles. The van der Waals surface area contributed by atoms with E-state index in [1.54, 1.807) is 6.07 Å². The number of hydrogen-bond acceptors (Lipinski definition) is 4. The van der Waals surface area contributed by atoms with Crippen molar-refractivity contribution in [3.63, 3.8) is 0 Å². The number of carbonyl (C=O) groups is 2. The normalized spacial score (nSPS) is 18.9. The number of nitrogens with zero attached hydrogens (tertiary/aromatic N) is 3. The Morgan fingerprint density at radius 1 is 1.24 bits per heavy atom. The third-order valence-corrected chi connectivity index (χ3v) is 6.71. The first kappa shape index (κ1) is 19.9. The molecule has 0 saturated carbocycles. The van der Waals surface area contributed by atoms with E-state index in [4.69, 9.17) is 0 Å². The van der Waals surface area contributed by atoms with Gasteiger partial charge in [-0.25, -0.2) is 4.79 Å². The second-order valence-corrected chi connectivity index (χ2v) is 8.63. The average molecular weight is 462 g/mol. The molecule has 29 heavy (non-hydrogen) atoms. The van der Waals surface area contributed by atoms with Crippen molar-refractivity contribution in [2.24, 2.45) is 0 Å². The summed E-state index contributed by atoms with van der Waals surface area (Å²) < 4.78 is 2.75. The number of aromatic nitrogens is 1. The van der Waals surface area contributed by atoms with Gasteiger partial charge in [0.15, 0.2) is 0 Å². The molecular formula is C21H24BrN3O4. The standard InChI is InChI=1S/C21H24BrN3O4/c1-3-17(26)23-6-8-24(9-7-23)19-13-5-4-12(2)25-11-15(21(28)29)20(27)14(18(13)25)10-16(19)22/h10-12H,3-9H2,1-2H3,(H,28,29). The highest BCUT2D eigenvalue weighted by Crippen LogP contribution is 2.41. The molecule has 2 aliphatic heterocycles. The van der Waals surface area contributed by atoms with E-state index >= 15 is 0 Å². The largest absolute Gasteiger partial charge is 0.477 e. The van der Waals surface area contributed by atoms with Crippen molar-refractivity contribution in [1.29, 1.82) is 0 Å². The number of rotatable bonds is 3. The molecule has 8 heteroatoms. The highest BCUT2D eigenvalue weighted by molar-refractivity contribution is 9.10. The molecule has 0 spiro atoms.